The van der Waals surface area contributed by atoms with Crippen molar-refractivity contribution in [2.75, 3.05) is 20.3 Å². The van der Waals surface area contributed by atoms with Crippen molar-refractivity contribution >= 4 is 11.0 Å². The number of hydrogen-bond acceptors (Lipinski definition) is 3. The van der Waals surface area contributed by atoms with Crippen LogP contribution in [0.5, 0.6) is 0 Å². The minimum absolute atomic E-state index is 0.0338. The van der Waals surface area contributed by atoms with E-state index in [1.165, 1.54) is 12.3 Å². The summed E-state index contributed by atoms with van der Waals surface area (Å²) in [6, 6.07) is 2.62. The predicted octanol–water partition coefficient (Wildman–Crippen LogP) is 2.45. The Morgan fingerprint density at radius 2 is 2.18 bits per heavy atom. The van der Waals surface area contributed by atoms with Gasteiger partial charge in [0.15, 0.2) is 11.4 Å². The van der Waals surface area contributed by atoms with Crippen LogP contribution in [0, 0.1) is 11.6 Å². The highest BCUT2D eigenvalue weighted by Gasteiger charge is 2.13. The minimum Gasteiger partial charge on any atom is -0.461 e. The molecule has 0 atom stereocenters. The zero-order valence-corrected chi connectivity index (χ0v) is 9.43. The van der Waals surface area contributed by atoms with Gasteiger partial charge in [-0.3, -0.25) is 0 Å². The Morgan fingerprint density at radius 1 is 1.35 bits per heavy atom. The van der Waals surface area contributed by atoms with E-state index in [0.29, 0.717) is 25.1 Å². The molecule has 1 aromatic carbocycles. The number of rotatable bonds is 5. The highest BCUT2D eigenvalue weighted by atomic mass is 19.2. The summed E-state index contributed by atoms with van der Waals surface area (Å²) in [7, 11) is 1.62. The highest BCUT2D eigenvalue weighted by Crippen LogP contribution is 2.25. The Hall–Kier alpha value is -1.46. The zero-order valence-electron chi connectivity index (χ0n) is 9.43. The average molecular weight is 241 g/mol. The maximum Gasteiger partial charge on any atom is 0.201 e. The summed E-state index contributed by atoms with van der Waals surface area (Å²) in [6.07, 6.45) is 1.44. The van der Waals surface area contributed by atoms with E-state index in [-0.39, 0.29) is 5.58 Å². The first-order valence-electron chi connectivity index (χ1n) is 5.27. The lowest BCUT2D eigenvalue weighted by Gasteiger charge is -2.02. The monoisotopic (exact) mass is 241 g/mol. The van der Waals surface area contributed by atoms with Gasteiger partial charge in [-0.15, -0.1) is 0 Å². The number of fused-ring (bicyclic) bond motifs is 1. The molecular formula is C12H13F2NO2. The molecule has 0 aliphatic heterocycles. The number of nitrogens with one attached hydrogen (secondary N) is 1. The second kappa shape index (κ2) is 5.25. The van der Waals surface area contributed by atoms with E-state index in [1.807, 2.05) is 0 Å². The fourth-order valence-electron chi connectivity index (χ4n) is 1.63. The number of methoxy groups -OCH3 is 1. The van der Waals surface area contributed by atoms with Gasteiger partial charge < -0.3 is 14.5 Å². The van der Waals surface area contributed by atoms with Gasteiger partial charge in [0.25, 0.3) is 0 Å². The van der Waals surface area contributed by atoms with Gasteiger partial charge in [0.1, 0.15) is 0 Å². The summed E-state index contributed by atoms with van der Waals surface area (Å²) >= 11 is 0. The summed E-state index contributed by atoms with van der Waals surface area (Å²) in [5.74, 6) is -1.84. The first-order chi connectivity index (χ1) is 8.24. The molecule has 0 saturated carbocycles. The number of furan rings is 1. The van der Waals surface area contributed by atoms with E-state index in [4.69, 9.17) is 9.15 Å². The molecule has 1 N–H and O–H groups in total. The maximum atomic E-state index is 13.3. The third-order valence-electron chi connectivity index (χ3n) is 2.51. The van der Waals surface area contributed by atoms with Crippen LogP contribution >= 0.6 is 0 Å². The molecule has 0 spiro atoms. The van der Waals surface area contributed by atoms with Crippen molar-refractivity contribution in [1.29, 1.82) is 0 Å². The van der Waals surface area contributed by atoms with Crippen LogP contribution in [-0.4, -0.2) is 20.3 Å². The van der Waals surface area contributed by atoms with E-state index in [0.717, 1.165) is 11.6 Å². The molecule has 0 unspecified atom stereocenters. The van der Waals surface area contributed by atoms with E-state index in [1.54, 1.807) is 7.11 Å². The van der Waals surface area contributed by atoms with Gasteiger partial charge in [-0.1, -0.05) is 0 Å². The van der Waals surface area contributed by atoms with Gasteiger partial charge in [-0.2, -0.15) is 4.39 Å². The predicted molar refractivity (Wildman–Crippen MR) is 59.7 cm³/mol. The Labute approximate surface area is 97.4 Å². The van der Waals surface area contributed by atoms with E-state index in [9.17, 15) is 8.78 Å². The van der Waals surface area contributed by atoms with Crippen molar-refractivity contribution in [3.63, 3.8) is 0 Å². The second-order valence-corrected chi connectivity index (χ2v) is 3.67. The van der Waals surface area contributed by atoms with Gasteiger partial charge in [-0.05, 0) is 12.1 Å². The van der Waals surface area contributed by atoms with Gasteiger partial charge in [-0.25, -0.2) is 4.39 Å². The van der Waals surface area contributed by atoms with Gasteiger partial charge in [0.2, 0.25) is 5.82 Å². The first kappa shape index (κ1) is 12.0. The molecule has 17 heavy (non-hydrogen) atoms. The molecule has 0 aliphatic rings. The lowest BCUT2D eigenvalue weighted by atomic mass is 10.1. The Morgan fingerprint density at radius 3 is 2.94 bits per heavy atom. The minimum atomic E-state index is -0.939. The SMILES string of the molecule is COCCNCc1coc2c(F)c(F)ccc12. The van der Waals surface area contributed by atoms with Crippen molar-refractivity contribution < 1.29 is 17.9 Å². The molecule has 0 radical (unpaired) electrons. The normalized spacial score (nSPS) is 11.2. The summed E-state index contributed by atoms with van der Waals surface area (Å²) in [6.45, 7) is 1.81. The highest BCUT2D eigenvalue weighted by molar-refractivity contribution is 5.81. The molecule has 2 rings (SSSR count). The van der Waals surface area contributed by atoms with Crippen molar-refractivity contribution in [3.8, 4) is 0 Å². The summed E-state index contributed by atoms with van der Waals surface area (Å²) in [5, 5.41) is 3.71. The number of benzene rings is 1. The Kier molecular flexibility index (Phi) is 3.71. The molecule has 1 heterocycles. The van der Waals surface area contributed by atoms with Crippen LogP contribution in [-0.2, 0) is 11.3 Å². The largest absolute Gasteiger partial charge is 0.461 e. The average Bonchev–Trinajstić information content (AvgIpc) is 2.73. The Balaban J connectivity index is 2.16. The summed E-state index contributed by atoms with van der Waals surface area (Å²) < 4.78 is 36.2. The topological polar surface area (TPSA) is 34.4 Å². The number of halogens is 2. The third-order valence-corrected chi connectivity index (χ3v) is 2.51. The molecule has 2 aromatic rings. The molecule has 5 heteroatoms. The fourth-order valence-corrected chi connectivity index (χ4v) is 1.63. The van der Waals surface area contributed by atoms with Gasteiger partial charge >= 0.3 is 0 Å². The van der Waals surface area contributed by atoms with E-state index in [2.05, 4.69) is 5.32 Å². The quantitative estimate of drug-likeness (QED) is 0.816. The smallest absolute Gasteiger partial charge is 0.201 e. The molecule has 0 bridgehead atoms. The number of ether oxygens (including phenoxy) is 1. The lowest BCUT2D eigenvalue weighted by Crippen LogP contribution is -2.18. The summed E-state index contributed by atoms with van der Waals surface area (Å²) in [4.78, 5) is 0. The Bertz CT molecular complexity index is 510. The van der Waals surface area contributed by atoms with Crippen LogP contribution in [0.1, 0.15) is 5.56 Å². The number of hydrogen-bond donors (Lipinski definition) is 1. The zero-order chi connectivity index (χ0) is 12.3. The fraction of sp³-hybridized carbons (Fsp3) is 0.333. The van der Waals surface area contributed by atoms with Crippen LogP contribution in [0.15, 0.2) is 22.8 Å². The molecule has 0 aliphatic carbocycles. The van der Waals surface area contributed by atoms with E-state index >= 15 is 0 Å². The maximum absolute atomic E-state index is 13.3. The van der Waals surface area contributed by atoms with Crippen molar-refractivity contribution in [2.45, 2.75) is 6.54 Å². The van der Waals surface area contributed by atoms with Gasteiger partial charge in [0, 0.05) is 31.1 Å². The van der Waals surface area contributed by atoms with Crippen molar-refractivity contribution in [1.82, 2.24) is 5.32 Å². The molecule has 1 aromatic heterocycles. The first-order valence-corrected chi connectivity index (χ1v) is 5.27. The molecule has 3 nitrogen and oxygen atoms in total. The van der Waals surface area contributed by atoms with Crippen molar-refractivity contribution in [3.05, 3.63) is 35.6 Å². The lowest BCUT2D eigenvalue weighted by molar-refractivity contribution is 0.199. The van der Waals surface area contributed by atoms with Crippen LogP contribution < -0.4 is 5.32 Å². The van der Waals surface area contributed by atoms with Crippen LogP contribution in [0.25, 0.3) is 11.0 Å². The standard InChI is InChI=1S/C12H13F2NO2/c1-16-5-4-15-6-8-7-17-12-9(8)2-3-10(13)11(12)14/h2-3,7,15H,4-6H2,1H3. The van der Waals surface area contributed by atoms with Crippen LogP contribution in [0.4, 0.5) is 8.78 Å². The molecule has 92 valence electrons. The van der Waals surface area contributed by atoms with Crippen LogP contribution in [0.2, 0.25) is 0 Å². The second-order valence-electron chi connectivity index (χ2n) is 3.67. The molecule has 0 amide bonds. The molecule has 0 saturated heterocycles. The molecule has 0 fully saturated rings. The van der Waals surface area contributed by atoms with E-state index < -0.39 is 11.6 Å². The van der Waals surface area contributed by atoms with Crippen LogP contribution in [0.3, 0.4) is 0 Å². The van der Waals surface area contributed by atoms with Crippen molar-refractivity contribution in [2.24, 2.45) is 0 Å². The third kappa shape index (κ3) is 2.45. The van der Waals surface area contributed by atoms with Gasteiger partial charge in [0.05, 0.1) is 12.9 Å². The molecular weight excluding hydrogens is 228 g/mol. The summed E-state index contributed by atoms with van der Waals surface area (Å²) in [5.41, 5.74) is 0.767.